The predicted molar refractivity (Wildman–Crippen MR) is 63.2 cm³/mol. The molecule has 0 unspecified atom stereocenters. The summed E-state index contributed by atoms with van der Waals surface area (Å²) in [5.74, 6) is -1.59. The summed E-state index contributed by atoms with van der Waals surface area (Å²) in [6.45, 7) is 2.17. The molecular formula is C10H15N5O4. The number of carboxylic acid groups (broad SMARTS) is 1. The second-order valence-electron chi connectivity index (χ2n) is 3.78. The van der Waals surface area contributed by atoms with Crippen molar-refractivity contribution in [2.75, 3.05) is 6.54 Å². The normalized spacial score (nSPS) is 9.95. The Hall–Kier alpha value is -2.45. The van der Waals surface area contributed by atoms with Crippen LogP contribution in [0.4, 0.5) is 4.79 Å². The lowest BCUT2D eigenvalue weighted by Gasteiger charge is -2.04. The van der Waals surface area contributed by atoms with E-state index in [0.29, 0.717) is 6.54 Å². The molecule has 1 heterocycles. The maximum Gasteiger partial charge on any atom is 0.321 e. The molecule has 104 valence electrons. The summed E-state index contributed by atoms with van der Waals surface area (Å²) in [7, 11) is 0. The Balaban J connectivity index is 2.41. The van der Waals surface area contributed by atoms with Crippen LogP contribution >= 0.6 is 0 Å². The summed E-state index contributed by atoms with van der Waals surface area (Å²) >= 11 is 0. The molecule has 0 fully saturated rings. The fraction of sp³-hybridized carbons (Fsp3) is 0.500. The largest absolute Gasteiger partial charge is 0.481 e. The minimum Gasteiger partial charge on any atom is -0.481 e. The van der Waals surface area contributed by atoms with Crippen LogP contribution in [0.2, 0.25) is 0 Å². The Morgan fingerprint density at radius 1 is 1.42 bits per heavy atom. The molecular weight excluding hydrogens is 254 g/mol. The van der Waals surface area contributed by atoms with E-state index in [4.69, 9.17) is 5.11 Å². The zero-order valence-corrected chi connectivity index (χ0v) is 10.4. The molecule has 1 rings (SSSR count). The van der Waals surface area contributed by atoms with E-state index in [2.05, 4.69) is 20.9 Å². The van der Waals surface area contributed by atoms with Crippen molar-refractivity contribution < 1.29 is 19.5 Å². The van der Waals surface area contributed by atoms with E-state index in [1.54, 1.807) is 0 Å². The van der Waals surface area contributed by atoms with Crippen LogP contribution in [0.15, 0.2) is 6.20 Å². The van der Waals surface area contributed by atoms with Gasteiger partial charge in [-0.3, -0.25) is 14.9 Å². The van der Waals surface area contributed by atoms with Gasteiger partial charge in [-0.05, 0) is 6.42 Å². The Morgan fingerprint density at radius 3 is 2.79 bits per heavy atom. The first-order valence-corrected chi connectivity index (χ1v) is 5.69. The van der Waals surface area contributed by atoms with Crippen LogP contribution < -0.4 is 10.6 Å². The minimum absolute atomic E-state index is 0.202. The van der Waals surface area contributed by atoms with E-state index in [0.717, 1.165) is 6.42 Å². The fourth-order valence-corrected chi connectivity index (χ4v) is 1.25. The van der Waals surface area contributed by atoms with Gasteiger partial charge in [-0.25, -0.2) is 9.48 Å². The monoisotopic (exact) mass is 269 g/mol. The Kier molecular flexibility index (Phi) is 5.45. The molecule has 0 bridgehead atoms. The number of carbonyl (C=O) groups excluding carboxylic acids is 2. The van der Waals surface area contributed by atoms with Gasteiger partial charge in [0, 0.05) is 12.7 Å². The predicted octanol–water partition coefficient (Wildman–Crippen LogP) is -0.859. The van der Waals surface area contributed by atoms with E-state index in [-0.39, 0.29) is 18.7 Å². The SMILES string of the molecule is CCCNC(=O)NC(=O)Cn1cc(CC(=O)O)nn1. The highest BCUT2D eigenvalue weighted by molar-refractivity contribution is 5.94. The van der Waals surface area contributed by atoms with Crippen LogP contribution in [0.3, 0.4) is 0 Å². The highest BCUT2D eigenvalue weighted by Crippen LogP contribution is 1.94. The van der Waals surface area contributed by atoms with Crippen LogP contribution in [0.25, 0.3) is 0 Å². The van der Waals surface area contributed by atoms with Gasteiger partial charge in [0.2, 0.25) is 5.91 Å². The van der Waals surface area contributed by atoms with Crippen LogP contribution in [0.1, 0.15) is 19.0 Å². The molecule has 9 nitrogen and oxygen atoms in total. The van der Waals surface area contributed by atoms with Gasteiger partial charge in [0.15, 0.2) is 0 Å². The highest BCUT2D eigenvalue weighted by Gasteiger charge is 2.10. The van der Waals surface area contributed by atoms with Gasteiger partial charge in [-0.15, -0.1) is 5.10 Å². The smallest absolute Gasteiger partial charge is 0.321 e. The molecule has 1 aromatic heterocycles. The summed E-state index contributed by atoms with van der Waals surface area (Å²) in [5, 5.41) is 20.3. The summed E-state index contributed by atoms with van der Waals surface area (Å²) in [5.41, 5.74) is 0.246. The van der Waals surface area contributed by atoms with Gasteiger partial charge >= 0.3 is 12.0 Å². The number of carboxylic acids is 1. The molecule has 0 saturated carbocycles. The quantitative estimate of drug-likeness (QED) is 0.617. The Morgan fingerprint density at radius 2 is 2.16 bits per heavy atom. The number of aromatic nitrogens is 3. The lowest BCUT2D eigenvalue weighted by atomic mass is 10.3. The molecule has 0 saturated heterocycles. The second-order valence-corrected chi connectivity index (χ2v) is 3.78. The molecule has 9 heteroatoms. The molecule has 3 amide bonds. The molecule has 3 N–H and O–H groups in total. The average molecular weight is 269 g/mol. The summed E-state index contributed by atoms with van der Waals surface area (Å²) in [4.78, 5) is 33.1. The summed E-state index contributed by atoms with van der Waals surface area (Å²) in [6.07, 6.45) is 1.85. The zero-order chi connectivity index (χ0) is 14.3. The van der Waals surface area contributed by atoms with E-state index in [9.17, 15) is 14.4 Å². The topological polar surface area (TPSA) is 126 Å². The van der Waals surface area contributed by atoms with Crippen LogP contribution in [-0.4, -0.2) is 44.6 Å². The summed E-state index contributed by atoms with van der Waals surface area (Å²) < 4.78 is 1.17. The number of hydrogen-bond donors (Lipinski definition) is 3. The van der Waals surface area contributed by atoms with Crippen molar-refractivity contribution in [1.29, 1.82) is 0 Å². The van der Waals surface area contributed by atoms with E-state index < -0.39 is 17.9 Å². The number of urea groups is 1. The van der Waals surface area contributed by atoms with E-state index >= 15 is 0 Å². The molecule has 0 aliphatic carbocycles. The molecule has 0 aliphatic rings. The lowest BCUT2D eigenvalue weighted by molar-refractivity contribution is -0.136. The minimum atomic E-state index is -1.03. The molecule has 0 atom stereocenters. The van der Waals surface area contributed by atoms with E-state index in [1.807, 2.05) is 6.92 Å². The van der Waals surface area contributed by atoms with Gasteiger partial charge in [0.25, 0.3) is 0 Å². The van der Waals surface area contributed by atoms with Crippen molar-refractivity contribution in [3.63, 3.8) is 0 Å². The fourth-order valence-electron chi connectivity index (χ4n) is 1.25. The third-order valence-electron chi connectivity index (χ3n) is 2.01. The third kappa shape index (κ3) is 5.61. The van der Waals surface area contributed by atoms with Crippen LogP contribution in [-0.2, 0) is 22.6 Å². The number of aliphatic carboxylic acids is 1. The molecule has 0 radical (unpaired) electrons. The number of nitrogens with one attached hydrogen (secondary N) is 2. The van der Waals surface area contributed by atoms with Gasteiger partial charge < -0.3 is 10.4 Å². The van der Waals surface area contributed by atoms with Gasteiger partial charge in [0.1, 0.15) is 6.54 Å². The maximum atomic E-state index is 11.4. The average Bonchev–Trinajstić information content (AvgIpc) is 2.72. The van der Waals surface area contributed by atoms with Crippen molar-refractivity contribution in [3.05, 3.63) is 11.9 Å². The number of hydrogen-bond acceptors (Lipinski definition) is 5. The third-order valence-corrected chi connectivity index (χ3v) is 2.01. The van der Waals surface area contributed by atoms with Crippen molar-refractivity contribution in [3.8, 4) is 0 Å². The van der Waals surface area contributed by atoms with Gasteiger partial charge in [-0.1, -0.05) is 12.1 Å². The van der Waals surface area contributed by atoms with Gasteiger partial charge in [-0.2, -0.15) is 0 Å². The lowest BCUT2D eigenvalue weighted by Crippen LogP contribution is -2.41. The van der Waals surface area contributed by atoms with Crippen molar-refractivity contribution >= 4 is 17.9 Å². The van der Waals surface area contributed by atoms with Crippen molar-refractivity contribution in [1.82, 2.24) is 25.6 Å². The Labute approximate surface area is 109 Å². The molecule has 0 aliphatic heterocycles. The second kappa shape index (κ2) is 7.09. The zero-order valence-electron chi connectivity index (χ0n) is 10.4. The van der Waals surface area contributed by atoms with Crippen LogP contribution in [0.5, 0.6) is 0 Å². The maximum absolute atomic E-state index is 11.4. The van der Waals surface area contributed by atoms with Crippen molar-refractivity contribution in [2.24, 2.45) is 0 Å². The first-order valence-electron chi connectivity index (χ1n) is 5.69. The molecule has 19 heavy (non-hydrogen) atoms. The molecule has 1 aromatic rings. The van der Waals surface area contributed by atoms with E-state index in [1.165, 1.54) is 10.9 Å². The Bertz CT molecular complexity index is 470. The standard InChI is InChI=1S/C10H15N5O4/c1-2-3-11-10(19)12-8(16)6-15-5-7(13-14-15)4-9(17)18/h5H,2-4,6H2,1H3,(H,17,18)(H2,11,12,16,19). The number of amides is 3. The first kappa shape index (κ1) is 14.6. The first-order chi connectivity index (χ1) is 9.01. The highest BCUT2D eigenvalue weighted by atomic mass is 16.4. The summed E-state index contributed by atoms with van der Waals surface area (Å²) in [6, 6.07) is -0.572. The molecule has 0 spiro atoms. The number of carbonyl (C=O) groups is 3. The number of rotatable bonds is 6. The van der Waals surface area contributed by atoms with Crippen LogP contribution in [0, 0.1) is 0 Å². The molecule has 0 aromatic carbocycles. The van der Waals surface area contributed by atoms with Gasteiger partial charge in [0.05, 0.1) is 12.1 Å². The number of imide groups is 1. The van der Waals surface area contributed by atoms with Crippen molar-refractivity contribution in [2.45, 2.75) is 26.3 Å². The number of nitrogens with zero attached hydrogens (tertiary/aromatic N) is 3.